The van der Waals surface area contributed by atoms with Gasteiger partial charge in [0.15, 0.2) is 0 Å². The van der Waals surface area contributed by atoms with Gasteiger partial charge in [-0.2, -0.15) is 0 Å². The number of nitrogens with one attached hydrogen (secondary N) is 1. The first-order valence-electron chi connectivity index (χ1n) is 17.2. The Morgan fingerprint density at radius 3 is 2.37 bits per heavy atom. The van der Waals surface area contributed by atoms with E-state index in [-0.39, 0.29) is 24.1 Å². The summed E-state index contributed by atoms with van der Waals surface area (Å²) in [7, 11) is 0. The summed E-state index contributed by atoms with van der Waals surface area (Å²) < 4.78 is 0. The molecule has 1 N–H and O–H groups in total. The maximum Gasteiger partial charge on any atom is 0.255 e. The molecule has 46 heavy (non-hydrogen) atoms. The van der Waals surface area contributed by atoms with Crippen molar-refractivity contribution in [3.63, 3.8) is 0 Å². The normalized spacial score (nSPS) is 25.2. The molecule has 3 amide bonds. The molecule has 2 aromatic rings. The van der Waals surface area contributed by atoms with Crippen LogP contribution in [0.3, 0.4) is 0 Å². The molecule has 3 heterocycles. The standard InChI is InChI=1S/C38H46ClN3O3S/c1-37(2)14-11-26(32(22-37)25-3-5-28(39)6-4-25)23-41-19-17-38(18-20-41)15-12-29(13-16-38)46-30-7-8-31-27(21-30)24-42(36(31)45)33-9-10-34(43)40-35(33)44/h3-8,21,29,33H,9-20,22-24H2,1-2H3,(H,40,43,44). The van der Waals surface area contributed by atoms with E-state index < -0.39 is 6.04 Å². The van der Waals surface area contributed by atoms with Crippen LogP contribution in [-0.2, 0) is 16.1 Å². The van der Waals surface area contributed by atoms with Crippen LogP contribution in [0.5, 0.6) is 0 Å². The average Bonchev–Trinajstić information content (AvgIpc) is 3.35. The molecule has 2 saturated heterocycles. The minimum absolute atomic E-state index is 0.100. The van der Waals surface area contributed by atoms with E-state index in [1.54, 1.807) is 16.0 Å². The van der Waals surface area contributed by atoms with E-state index in [0.717, 1.165) is 23.6 Å². The fraction of sp³-hybridized carbons (Fsp3) is 0.553. The second kappa shape index (κ2) is 12.8. The fourth-order valence-corrected chi connectivity index (χ4v) is 9.90. The molecule has 2 aliphatic carbocycles. The zero-order valence-electron chi connectivity index (χ0n) is 27.2. The average molecular weight is 660 g/mol. The van der Waals surface area contributed by atoms with E-state index in [4.69, 9.17) is 11.6 Å². The molecule has 7 rings (SSSR count). The Balaban J connectivity index is 0.925. The second-order valence-corrected chi connectivity index (χ2v) is 17.1. The Hall–Kier alpha value is -2.61. The molecule has 1 atom stereocenters. The van der Waals surface area contributed by atoms with Crippen LogP contribution in [0.25, 0.3) is 5.57 Å². The number of halogens is 1. The Bertz CT molecular complexity index is 1550. The Morgan fingerprint density at radius 2 is 1.65 bits per heavy atom. The molecule has 8 heteroatoms. The summed E-state index contributed by atoms with van der Waals surface area (Å²) in [5, 5.41) is 3.80. The molecular formula is C38H46ClN3O3S. The summed E-state index contributed by atoms with van der Waals surface area (Å²) in [6.07, 6.45) is 12.0. The molecule has 0 radical (unpaired) electrons. The minimum atomic E-state index is -0.563. The third-order valence-electron chi connectivity index (χ3n) is 11.5. The predicted molar refractivity (Wildman–Crippen MR) is 185 cm³/mol. The lowest BCUT2D eigenvalue weighted by Gasteiger charge is -2.46. The second-order valence-electron chi connectivity index (χ2n) is 15.2. The summed E-state index contributed by atoms with van der Waals surface area (Å²) in [6.45, 7) is 8.74. The zero-order valence-corrected chi connectivity index (χ0v) is 28.8. The number of hydrogen-bond acceptors (Lipinski definition) is 5. The van der Waals surface area contributed by atoms with Crippen molar-refractivity contribution in [1.82, 2.24) is 15.1 Å². The van der Waals surface area contributed by atoms with Crippen molar-refractivity contribution in [3.05, 3.63) is 69.8 Å². The topological polar surface area (TPSA) is 69.7 Å². The molecule has 2 aromatic carbocycles. The van der Waals surface area contributed by atoms with Crippen molar-refractivity contribution in [2.75, 3.05) is 19.6 Å². The number of benzene rings is 2. The molecule has 6 nitrogen and oxygen atoms in total. The summed E-state index contributed by atoms with van der Waals surface area (Å²) in [5.74, 6) is -0.711. The van der Waals surface area contributed by atoms with Gasteiger partial charge in [0, 0.05) is 40.2 Å². The summed E-state index contributed by atoms with van der Waals surface area (Å²) >= 11 is 8.18. The van der Waals surface area contributed by atoms with Gasteiger partial charge >= 0.3 is 0 Å². The van der Waals surface area contributed by atoms with E-state index >= 15 is 0 Å². The lowest BCUT2D eigenvalue weighted by atomic mass is 9.68. The van der Waals surface area contributed by atoms with Crippen molar-refractivity contribution in [1.29, 1.82) is 0 Å². The van der Waals surface area contributed by atoms with Gasteiger partial charge in [0.25, 0.3) is 5.91 Å². The van der Waals surface area contributed by atoms with Crippen LogP contribution in [0.15, 0.2) is 52.9 Å². The van der Waals surface area contributed by atoms with Crippen LogP contribution < -0.4 is 5.32 Å². The first-order chi connectivity index (χ1) is 22.1. The van der Waals surface area contributed by atoms with Gasteiger partial charge in [-0.05, 0) is 135 Å². The number of fused-ring (bicyclic) bond motifs is 1. The van der Waals surface area contributed by atoms with Gasteiger partial charge in [0.2, 0.25) is 11.8 Å². The van der Waals surface area contributed by atoms with Crippen LogP contribution in [0, 0.1) is 10.8 Å². The SMILES string of the molecule is CC1(C)CCC(CN2CCC3(CCC(Sc4ccc5c(c4)CN(C4CCC(=O)NC4=O)C5=O)CC3)CC2)=C(c2ccc(Cl)cc2)C1. The number of hydrogen-bond donors (Lipinski definition) is 1. The fourth-order valence-electron chi connectivity index (χ4n) is 8.56. The number of likely N-dealkylation sites (tertiary alicyclic amines) is 1. The van der Waals surface area contributed by atoms with Gasteiger partial charge in [0.1, 0.15) is 6.04 Å². The third kappa shape index (κ3) is 6.70. The third-order valence-corrected chi connectivity index (χ3v) is 13.1. The zero-order chi connectivity index (χ0) is 32.1. The number of rotatable bonds is 6. The smallest absolute Gasteiger partial charge is 0.255 e. The molecule has 3 aliphatic heterocycles. The molecule has 3 fully saturated rings. The Kier molecular flexibility index (Phi) is 8.88. The lowest BCUT2D eigenvalue weighted by molar-refractivity contribution is -0.136. The Labute approximate surface area is 282 Å². The number of thioether (sulfide) groups is 1. The molecule has 244 valence electrons. The summed E-state index contributed by atoms with van der Waals surface area (Å²) in [4.78, 5) is 42.7. The number of amides is 3. The van der Waals surface area contributed by atoms with E-state index in [1.807, 2.05) is 30.0 Å². The van der Waals surface area contributed by atoms with Crippen molar-refractivity contribution in [3.8, 4) is 0 Å². The lowest BCUT2D eigenvalue weighted by Crippen LogP contribution is -2.52. The molecule has 0 aromatic heterocycles. The van der Waals surface area contributed by atoms with Crippen molar-refractivity contribution in [2.45, 2.75) is 107 Å². The Morgan fingerprint density at radius 1 is 0.913 bits per heavy atom. The maximum absolute atomic E-state index is 13.1. The highest BCUT2D eigenvalue weighted by Crippen LogP contribution is 2.49. The van der Waals surface area contributed by atoms with Gasteiger partial charge in [-0.15, -0.1) is 11.8 Å². The van der Waals surface area contributed by atoms with Crippen LogP contribution >= 0.6 is 23.4 Å². The highest BCUT2D eigenvalue weighted by atomic mass is 35.5. The van der Waals surface area contributed by atoms with Crippen LogP contribution in [0.1, 0.15) is 106 Å². The van der Waals surface area contributed by atoms with Crippen molar-refractivity contribution < 1.29 is 14.4 Å². The molecule has 5 aliphatic rings. The highest BCUT2D eigenvalue weighted by Gasteiger charge is 2.41. The van der Waals surface area contributed by atoms with Gasteiger partial charge < -0.3 is 4.90 Å². The summed E-state index contributed by atoms with van der Waals surface area (Å²) in [5.41, 5.74) is 7.04. The maximum atomic E-state index is 13.1. The number of imide groups is 1. The molecule has 0 bridgehead atoms. The molecular weight excluding hydrogens is 614 g/mol. The number of carbonyl (C=O) groups is 3. The number of piperidine rings is 2. The van der Waals surface area contributed by atoms with Gasteiger partial charge in [-0.25, -0.2) is 0 Å². The monoisotopic (exact) mass is 659 g/mol. The number of nitrogens with zero attached hydrogens (tertiary/aromatic N) is 2. The first kappa shape index (κ1) is 32.0. The van der Waals surface area contributed by atoms with E-state index in [2.05, 4.69) is 48.3 Å². The molecule has 1 unspecified atom stereocenters. The largest absolute Gasteiger partial charge is 0.322 e. The molecule has 1 spiro atoms. The highest BCUT2D eigenvalue weighted by molar-refractivity contribution is 8.00. The summed E-state index contributed by atoms with van der Waals surface area (Å²) in [6, 6.07) is 14.1. The number of carbonyl (C=O) groups excluding carboxylic acids is 3. The molecule has 1 saturated carbocycles. The minimum Gasteiger partial charge on any atom is -0.322 e. The van der Waals surface area contributed by atoms with Gasteiger partial charge in [-0.3, -0.25) is 24.6 Å². The first-order valence-corrected chi connectivity index (χ1v) is 18.5. The van der Waals surface area contributed by atoms with Gasteiger partial charge in [-0.1, -0.05) is 43.2 Å². The van der Waals surface area contributed by atoms with Crippen molar-refractivity contribution in [2.24, 2.45) is 10.8 Å². The number of allylic oxidation sites excluding steroid dienone is 1. The van der Waals surface area contributed by atoms with E-state index in [1.165, 1.54) is 74.9 Å². The quantitative estimate of drug-likeness (QED) is 0.320. The van der Waals surface area contributed by atoms with Gasteiger partial charge in [0.05, 0.1) is 0 Å². The van der Waals surface area contributed by atoms with Crippen LogP contribution in [0.4, 0.5) is 0 Å². The van der Waals surface area contributed by atoms with Crippen LogP contribution in [-0.4, -0.2) is 58.4 Å². The van der Waals surface area contributed by atoms with Crippen LogP contribution in [0.2, 0.25) is 5.02 Å². The van der Waals surface area contributed by atoms with Crippen molar-refractivity contribution >= 4 is 46.7 Å². The van der Waals surface area contributed by atoms with E-state index in [0.29, 0.717) is 34.6 Å². The predicted octanol–water partition coefficient (Wildman–Crippen LogP) is 7.88. The van der Waals surface area contributed by atoms with E-state index in [9.17, 15) is 14.4 Å².